The number of thiophene rings is 1. The molecule has 0 radical (unpaired) electrons. The Morgan fingerprint density at radius 3 is 1.81 bits per heavy atom. The molecule has 0 N–H and O–H groups in total. The van der Waals surface area contributed by atoms with E-state index in [1.54, 1.807) is 0 Å². The minimum Gasteiger partial charge on any atom is -0.450 e. The van der Waals surface area contributed by atoms with Crippen molar-refractivity contribution in [2.24, 2.45) is 23.7 Å². The van der Waals surface area contributed by atoms with E-state index in [-0.39, 0.29) is 5.41 Å². The Kier molecular flexibility index (Phi) is 8.06. The van der Waals surface area contributed by atoms with Gasteiger partial charge in [-0.05, 0) is 131 Å². The van der Waals surface area contributed by atoms with Crippen LogP contribution in [-0.4, -0.2) is 15.0 Å². The Hall–Kier alpha value is -7.41. The van der Waals surface area contributed by atoms with E-state index in [1.165, 1.54) is 85.7 Å². The molecule has 2 aromatic heterocycles. The molecule has 4 saturated carbocycles. The Morgan fingerprint density at radius 2 is 1.01 bits per heavy atom. The van der Waals surface area contributed by atoms with Crippen molar-refractivity contribution in [1.82, 2.24) is 15.0 Å². The SMILES string of the molecule is c1ccc(-c2ccc(-c3nc(-c4cccc(-c5cccc6c5sc5ccccc56)c4)nc(-c4ccc5c(c4)-c4ccc6c(c4C54C5CC7CC(C5)CC4C7)Oc4ccccc4O6)n3)cc2)cc1. The molecule has 67 heavy (non-hydrogen) atoms. The second kappa shape index (κ2) is 14.3. The van der Waals surface area contributed by atoms with E-state index in [4.69, 9.17) is 24.4 Å². The van der Waals surface area contributed by atoms with Gasteiger partial charge in [0.25, 0.3) is 0 Å². The van der Waals surface area contributed by atoms with Gasteiger partial charge < -0.3 is 9.47 Å². The van der Waals surface area contributed by atoms with E-state index in [0.717, 1.165) is 62.7 Å². The van der Waals surface area contributed by atoms with Gasteiger partial charge in [-0.2, -0.15) is 0 Å². The molecule has 1 aliphatic heterocycles. The van der Waals surface area contributed by atoms with E-state index in [9.17, 15) is 0 Å². The van der Waals surface area contributed by atoms with Crippen LogP contribution in [0.4, 0.5) is 0 Å². The fourth-order valence-electron chi connectivity index (χ4n) is 13.4. The molecule has 3 heterocycles. The standard InChI is InChI=1S/C61H43N3O2S/c1-2-10-37(11-3-1)38-20-22-39(23-21-38)58-62-59(41-13-8-12-40(33-41)45-15-9-16-48-46-14-4-7-19-54(46)67-57(45)48)64-60(63-58)42-24-26-50-49(34-42)47-25-27-53-56(66-52-18-6-5-17-51(52)65-53)55(47)61(50)43-29-35-28-36(31-43)32-44(61)30-35/h1-27,33-36,43-44H,28-32H2. The number of nitrogens with zero attached hydrogens (tertiary/aromatic N) is 3. The number of benzene rings is 8. The quantitative estimate of drug-likeness (QED) is 0.172. The maximum absolute atomic E-state index is 6.99. The van der Waals surface area contributed by atoms with Crippen molar-refractivity contribution in [1.29, 1.82) is 0 Å². The highest BCUT2D eigenvalue weighted by Gasteiger charge is 2.63. The van der Waals surface area contributed by atoms with Crippen LogP contribution in [0.1, 0.15) is 43.2 Å². The molecular weight excluding hydrogens is 839 g/mol. The maximum Gasteiger partial charge on any atom is 0.174 e. The van der Waals surface area contributed by atoms with Crippen molar-refractivity contribution in [3.63, 3.8) is 0 Å². The molecule has 0 amide bonds. The Morgan fingerprint density at radius 1 is 0.418 bits per heavy atom. The van der Waals surface area contributed by atoms with Gasteiger partial charge in [0, 0.05) is 47.8 Å². The van der Waals surface area contributed by atoms with Crippen LogP contribution in [0, 0.1) is 23.7 Å². The van der Waals surface area contributed by atoms with E-state index in [1.807, 2.05) is 35.6 Å². The van der Waals surface area contributed by atoms with E-state index in [0.29, 0.717) is 29.3 Å². The summed E-state index contributed by atoms with van der Waals surface area (Å²) in [6.07, 6.45) is 6.48. The Bertz CT molecular complexity index is 3640. The maximum atomic E-state index is 6.99. The van der Waals surface area contributed by atoms with Gasteiger partial charge in [-0.1, -0.05) is 140 Å². The normalized spacial score (nSPS) is 21.4. The monoisotopic (exact) mass is 881 g/mol. The molecule has 8 aromatic carbocycles. The molecule has 1 spiro atoms. The van der Waals surface area contributed by atoms with E-state index in [2.05, 4.69) is 152 Å². The lowest BCUT2D eigenvalue weighted by Crippen LogP contribution is -2.55. The summed E-state index contributed by atoms with van der Waals surface area (Å²) in [5, 5.41) is 2.58. The highest BCUT2D eigenvalue weighted by molar-refractivity contribution is 7.26. The zero-order valence-corrected chi connectivity index (χ0v) is 37.5. The van der Waals surface area contributed by atoms with Crippen molar-refractivity contribution in [3.8, 4) is 90.5 Å². The summed E-state index contributed by atoms with van der Waals surface area (Å²) in [6, 6.07) is 62.8. The molecule has 4 fully saturated rings. The number of aromatic nitrogens is 3. The van der Waals surface area contributed by atoms with Crippen LogP contribution in [0.5, 0.6) is 23.0 Å². The van der Waals surface area contributed by atoms with Gasteiger partial charge in [0.1, 0.15) is 0 Å². The minimum atomic E-state index is -0.134. The molecule has 16 rings (SSSR count). The van der Waals surface area contributed by atoms with Gasteiger partial charge in [0.05, 0.1) is 0 Å². The second-order valence-corrected chi connectivity index (χ2v) is 20.6. The van der Waals surface area contributed by atoms with E-state index >= 15 is 0 Å². The fraction of sp³-hybridized carbons (Fsp3) is 0.164. The van der Waals surface area contributed by atoms with Crippen LogP contribution in [0.3, 0.4) is 0 Å². The van der Waals surface area contributed by atoms with Crippen LogP contribution < -0.4 is 9.47 Å². The minimum absolute atomic E-state index is 0.134. The van der Waals surface area contributed by atoms with E-state index < -0.39 is 0 Å². The van der Waals surface area contributed by atoms with Crippen molar-refractivity contribution in [3.05, 3.63) is 187 Å². The third kappa shape index (κ3) is 5.63. The van der Waals surface area contributed by atoms with Gasteiger partial charge in [-0.25, -0.2) is 15.0 Å². The highest BCUT2D eigenvalue weighted by Crippen LogP contribution is 2.72. The van der Waals surface area contributed by atoms with Crippen LogP contribution >= 0.6 is 11.3 Å². The molecule has 5 aliphatic carbocycles. The summed E-state index contributed by atoms with van der Waals surface area (Å²) in [6.45, 7) is 0. The fourth-order valence-corrected chi connectivity index (χ4v) is 14.6. The molecule has 0 saturated heterocycles. The topological polar surface area (TPSA) is 57.1 Å². The Labute approximate surface area is 392 Å². The molecule has 0 unspecified atom stereocenters. The number of hydrogen-bond donors (Lipinski definition) is 0. The van der Waals surface area contributed by atoms with Gasteiger partial charge in [0.15, 0.2) is 40.5 Å². The predicted molar refractivity (Wildman–Crippen MR) is 270 cm³/mol. The molecule has 6 aliphatic rings. The lowest BCUT2D eigenvalue weighted by molar-refractivity contribution is -0.0407. The molecule has 10 aromatic rings. The predicted octanol–water partition coefficient (Wildman–Crippen LogP) is 16.2. The molecule has 6 heteroatoms. The van der Waals surface area contributed by atoms with Crippen LogP contribution in [-0.2, 0) is 5.41 Å². The van der Waals surface area contributed by atoms with Crippen molar-refractivity contribution in [2.45, 2.75) is 37.5 Å². The molecular formula is C61H43N3O2S. The number of para-hydroxylation sites is 2. The number of hydrogen-bond acceptors (Lipinski definition) is 6. The third-order valence-corrected chi connectivity index (χ3v) is 17.2. The first-order valence-electron chi connectivity index (χ1n) is 23.8. The summed E-state index contributed by atoms with van der Waals surface area (Å²) in [5.74, 6) is 7.97. The smallest absolute Gasteiger partial charge is 0.174 e. The van der Waals surface area contributed by atoms with Crippen LogP contribution in [0.15, 0.2) is 176 Å². The summed E-state index contributed by atoms with van der Waals surface area (Å²) in [4.78, 5) is 16.0. The molecule has 320 valence electrons. The van der Waals surface area contributed by atoms with Crippen molar-refractivity contribution < 1.29 is 9.47 Å². The van der Waals surface area contributed by atoms with Crippen molar-refractivity contribution >= 4 is 31.5 Å². The molecule has 0 atom stereocenters. The van der Waals surface area contributed by atoms with Crippen molar-refractivity contribution in [2.75, 3.05) is 0 Å². The highest BCUT2D eigenvalue weighted by atomic mass is 32.1. The first-order valence-corrected chi connectivity index (χ1v) is 24.6. The van der Waals surface area contributed by atoms with Crippen LogP contribution in [0.2, 0.25) is 0 Å². The summed E-state index contributed by atoms with van der Waals surface area (Å²) in [5.41, 5.74) is 12.7. The van der Waals surface area contributed by atoms with Crippen LogP contribution in [0.25, 0.3) is 87.7 Å². The van der Waals surface area contributed by atoms with Gasteiger partial charge in [-0.15, -0.1) is 11.3 Å². The first kappa shape index (κ1) is 37.8. The van der Waals surface area contributed by atoms with Gasteiger partial charge in [-0.3, -0.25) is 0 Å². The second-order valence-electron chi connectivity index (χ2n) is 19.5. The lowest BCUT2D eigenvalue weighted by Gasteiger charge is -2.61. The largest absolute Gasteiger partial charge is 0.450 e. The third-order valence-electron chi connectivity index (χ3n) is 16.0. The number of rotatable bonds is 5. The number of fused-ring (bicyclic) bond motifs is 9. The summed E-state index contributed by atoms with van der Waals surface area (Å²) in [7, 11) is 0. The number of ether oxygens (including phenoxy) is 2. The summed E-state index contributed by atoms with van der Waals surface area (Å²) < 4.78 is 16.2. The zero-order chi connectivity index (χ0) is 43.8. The van der Waals surface area contributed by atoms with Gasteiger partial charge >= 0.3 is 0 Å². The lowest BCUT2D eigenvalue weighted by atomic mass is 9.43. The average molecular weight is 882 g/mol. The zero-order valence-electron chi connectivity index (χ0n) is 36.7. The Balaban J connectivity index is 0.901. The molecule has 5 nitrogen and oxygen atoms in total. The summed E-state index contributed by atoms with van der Waals surface area (Å²) >= 11 is 1.85. The molecule has 4 bridgehead atoms. The first-order chi connectivity index (χ1) is 33.1. The van der Waals surface area contributed by atoms with Gasteiger partial charge in [0.2, 0.25) is 0 Å². The average Bonchev–Trinajstić information content (AvgIpc) is 3.91.